The van der Waals surface area contributed by atoms with E-state index in [2.05, 4.69) is 15.4 Å². The SMILES string of the molecule is NCC(=O)NCC(=O)NCC(=O)O[C@@H]([C@H](O)[C@H](O)CO)[C@H](C=O)OC(=O)CN. The molecule has 0 rings (SSSR count). The summed E-state index contributed by atoms with van der Waals surface area (Å²) in [6, 6.07) is 0. The maximum absolute atomic E-state index is 11.9. The third kappa shape index (κ3) is 9.33. The Kier molecular flexibility index (Phi) is 12.2. The van der Waals surface area contributed by atoms with E-state index in [1.54, 1.807) is 0 Å². The molecule has 28 heavy (non-hydrogen) atoms. The average molecular weight is 408 g/mol. The number of aldehydes is 1. The quantitative estimate of drug-likeness (QED) is 0.111. The largest absolute Gasteiger partial charge is 0.454 e. The molecule has 2 amide bonds. The molecule has 0 aromatic rings. The van der Waals surface area contributed by atoms with Crippen molar-refractivity contribution in [2.45, 2.75) is 24.4 Å². The summed E-state index contributed by atoms with van der Waals surface area (Å²) in [6.07, 6.45) is -7.54. The average Bonchev–Trinajstić information content (AvgIpc) is 2.71. The lowest BCUT2D eigenvalue weighted by molar-refractivity contribution is -0.183. The van der Waals surface area contributed by atoms with Crippen molar-refractivity contribution in [3.63, 3.8) is 0 Å². The van der Waals surface area contributed by atoms with Gasteiger partial charge in [-0.15, -0.1) is 0 Å². The molecular formula is C14H24N4O10. The molecule has 0 saturated heterocycles. The number of amides is 2. The molecule has 0 aromatic heterocycles. The van der Waals surface area contributed by atoms with E-state index in [0.29, 0.717) is 0 Å². The van der Waals surface area contributed by atoms with E-state index in [-0.39, 0.29) is 12.8 Å². The fourth-order valence-electron chi connectivity index (χ4n) is 1.71. The van der Waals surface area contributed by atoms with E-state index in [4.69, 9.17) is 21.3 Å². The standard InChI is InChI=1S/C14H24N4O10/c15-1-9(22)17-3-10(23)18-4-12(25)28-14(13(26)7(21)5-19)8(6-20)27-11(24)2-16/h6-8,13-14,19,21,26H,1-5,15-16H2,(H,17,22)(H,18,23)/t7-,8+,13-,14-/m1/s1. The first-order chi connectivity index (χ1) is 13.2. The summed E-state index contributed by atoms with van der Waals surface area (Å²) < 4.78 is 9.42. The summed E-state index contributed by atoms with van der Waals surface area (Å²) >= 11 is 0. The van der Waals surface area contributed by atoms with Gasteiger partial charge in [-0.05, 0) is 0 Å². The maximum Gasteiger partial charge on any atom is 0.325 e. The first-order valence-corrected chi connectivity index (χ1v) is 7.94. The molecular weight excluding hydrogens is 384 g/mol. The molecule has 0 unspecified atom stereocenters. The lowest BCUT2D eigenvalue weighted by Crippen LogP contribution is -2.51. The Labute approximate surface area is 159 Å². The van der Waals surface area contributed by atoms with Gasteiger partial charge in [0.25, 0.3) is 0 Å². The predicted octanol–water partition coefficient (Wildman–Crippen LogP) is -6.13. The van der Waals surface area contributed by atoms with Gasteiger partial charge in [0.15, 0.2) is 18.5 Å². The molecule has 0 spiro atoms. The highest BCUT2D eigenvalue weighted by molar-refractivity contribution is 5.87. The van der Waals surface area contributed by atoms with E-state index < -0.39 is 74.4 Å². The van der Waals surface area contributed by atoms with E-state index in [1.165, 1.54) is 0 Å². The van der Waals surface area contributed by atoms with E-state index in [0.717, 1.165) is 0 Å². The van der Waals surface area contributed by atoms with Gasteiger partial charge in [0.2, 0.25) is 11.8 Å². The Morgan fingerprint density at radius 1 is 0.929 bits per heavy atom. The van der Waals surface area contributed by atoms with Gasteiger partial charge < -0.3 is 46.9 Å². The van der Waals surface area contributed by atoms with E-state index in [9.17, 15) is 34.2 Å². The highest BCUT2D eigenvalue weighted by atomic mass is 16.6. The predicted molar refractivity (Wildman–Crippen MR) is 89.1 cm³/mol. The normalized spacial score (nSPS) is 14.8. The molecule has 0 fully saturated rings. The monoisotopic (exact) mass is 408 g/mol. The van der Waals surface area contributed by atoms with Gasteiger partial charge in [-0.3, -0.25) is 24.0 Å². The third-order valence-corrected chi connectivity index (χ3v) is 3.14. The molecule has 160 valence electrons. The summed E-state index contributed by atoms with van der Waals surface area (Å²) in [5, 5.41) is 32.6. The second-order valence-corrected chi connectivity index (χ2v) is 5.25. The number of ether oxygens (including phenoxy) is 2. The number of rotatable bonds is 13. The molecule has 14 heteroatoms. The van der Waals surface area contributed by atoms with Crippen molar-refractivity contribution in [2.24, 2.45) is 11.5 Å². The number of hydrogen-bond acceptors (Lipinski definition) is 12. The molecule has 0 bridgehead atoms. The Bertz CT molecular complexity index is 558. The molecule has 0 aliphatic carbocycles. The minimum Gasteiger partial charge on any atom is -0.454 e. The van der Waals surface area contributed by atoms with E-state index >= 15 is 0 Å². The van der Waals surface area contributed by atoms with Gasteiger partial charge in [0.05, 0.1) is 26.2 Å². The van der Waals surface area contributed by atoms with Crippen molar-refractivity contribution in [2.75, 3.05) is 32.8 Å². The second kappa shape index (κ2) is 13.5. The smallest absolute Gasteiger partial charge is 0.325 e. The zero-order valence-electron chi connectivity index (χ0n) is 14.8. The van der Waals surface area contributed by atoms with Crippen molar-refractivity contribution >= 4 is 30.0 Å². The number of aliphatic hydroxyl groups excluding tert-OH is 3. The molecule has 0 aromatic carbocycles. The zero-order chi connectivity index (χ0) is 21.7. The summed E-state index contributed by atoms with van der Waals surface area (Å²) in [7, 11) is 0. The minimum atomic E-state index is -2.01. The molecule has 0 radical (unpaired) electrons. The van der Waals surface area contributed by atoms with Crippen molar-refractivity contribution in [3.8, 4) is 0 Å². The van der Waals surface area contributed by atoms with Crippen LogP contribution in [0.15, 0.2) is 0 Å². The van der Waals surface area contributed by atoms with Crippen LogP contribution in [0.3, 0.4) is 0 Å². The Hall–Kier alpha value is -2.65. The van der Waals surface area contributed by atoms with Crippen LogP contribution in [-0.2, 0) is 33.4 Å². The van der Waals surface area contributed by atoms with Crippen LogP contribution in [0.2, 0.25) is 0 Å². The van der Waals surface area contributed by atoms with Crippen molar-refractivity contribution in [3.05, 3.63) is 0 Å². The number of esters is 2. The second-order valence-electron chi connectivity index (χ2n) is 5.25. The fourth-order valence-corrected chi connectivity index (χ4v) is 1.71. The maximum atomic E-state index is 11.9. The molecule has 0 saturated carbocycles. The van der Waals surface area contributed by atoms with Gasteiger partial charge in [-0.2, -0.15) is 0 Å². The summed E-state index contributed by atoms with van der Waals surface area (Å²) in [5.41, 5.74) is 10.1. The van der Waals surface area contributed by atoms with Crippen LogP contribution in [0.4, 0.5) is 0 Å². The fraction of sp³-hybridized carbons (Fsp3) is 0.643. The number of nitrogens with one attached hydrogen (secondary N) is 2. The highest BCUT2D eigenvalue weighted by Gasteiger charge is 2.38. The lowest BCUT2D eigenvalue weighted by Gasteiger charge is -2.29. The summed E-state index contributed by atoms with van der Waals surface area (Å²) in [4.78, 5) is 56.7. The van der Waals surface area contributed by atoms with Crippen LogP contribution in [0.1, 0.15) is 0 Å². The Morgan fingerprint density at radius 3 is 2.04 bits per heavy atom. The number of aliphatic hydroxyl groups is 3. The zero-order valence-corrected chi connectivity index (χ0v) is 14.8. The number of carbonyl (C=O) groups excluding carboxylic acids is 5. The minimum absolute atomic E-state index is 0.0275. The molecule has 4 atom stereocenters. The summed E-state index contributed by atoms with van der Waals surface area (Å²) in [6.45, 7) is -3.12. The number of hydrogen-bond donors (Lipinski definition) is 7. The summed E-state index contributed by atoms with van der Waals surface area (Å²) in [5.74, 6) is -3.61. The van der Waals surface area contributed by atoms with Crippen molar-refractivity contribution in [1.29, 1.82) is 0 Å². The van der Waals surface area contributed by atoms with Gasteiger partial charge >= 0.3 is 11.9 Å². The van der Waals surface area contributed by atoms with Crippen LogP contribution < -0.4 is 22.1 Å². The number of carbonyl (C=O) groups is 5. The van der Waals surface area contributed by atoms with Gasteiger partial charge in [-0.25, -0.2) is 0 Å². The molecule has 14 nitrogen and oxygen atoms in total. The van der Waals surface area contributed by atoms with E-state index in [1.807, 2.05) is 0 Å². The van der Waals surface area contributed by atoms with Crippen LogP contribution in [0, 0.1) is 0 Å². The first kappa shape index (κ1) is 25.4. The van der Waals surface area contributed by atoms with Crippen LogP contribution >= 0.6 is 0 Å². The van der Waals surface area contributed by atoms with Crippen LogP contribution in [0.25, 0.3) is 0 Å². The molecule has 0 heterocycles. The van der Waals surface area contributed by atoms with Crippen molar-refractivity contribution < 1.29 is 48.8 Å². The van der Waals surface area contributed by atoms with Crippen molar-refractivity contribution in [1.82, 2.24) is 10.6 Å². The Morgan fingerprint density at radius 2 is 1.54 bits per heavy atom. The van der Waals surface area contributed by atoms with Gasteiger partial charge in [-0.1, -0.05) is 0 Å². The molecule has 0 aliphatic rings. The Balaban J connectivity index is 4.94. The third-order valence-electron chi connectivity index (χ3n) is 3.14. The van der Waals surface area contributed by atoms with Crippen LogP contribution in [0.5, 0.6) is 0 Å². The highest BCUT2D eigenvalue weighted by Crippen LogP contribution is 2.12. The molecule has 0 aliphatic heterocycles. The topological polar surface area (TPSA) is 241 Å². The van der Waals surface area contributed by atoms with Crippen LogP contribution in [-0.4, -0.2) is 103 Å². The molecule has 9 N–H and O–H groups in total. The lowest BCUT2D eigenvalue weighted by atomic mass is 10.0. The first-order valence-electron chi connectivity index (χ1n) is 7.94. The number of nitrogens with two attached hydrogens (primary N) is 2. The van der Waals surface area contributed by atoms with Gasteiger partial charge in [0, 0.05) is 0 Å². The van der Waals surface area contributed by atoms with Gasteiger partial charge in [0.1, 0.15) is 18.8 Å².